The second-order valence-electron chi connectivity index (χ2n) is 1.87. The second kappa shape index (κ2) is 2.29. The van der Waals surface area contributed by atoms with E-state index in [4.69, 9.17) is 0 Å². The van der Waals surface area contributed by atoms with Crippen LogP contribution in [0.15, 0.2) is 29.5 Å². The molecule has 0 saturated carbocycles. The van der Waals surface area contributed by atoms with E-state index in [1.165, 1.54) is 6.34 Å². The third kappa shape index (κ3) is 0.934. The molecule has 11 heavy (non-hydrogen) atoms. The zero-order valence-electron chi connectivity index (χ0n) is 5.15. The monoisotopic (exact) mass is 260 g/mol. The Bertz CT molecular complexity index is 351. The molecule has 2 heterocycles. The van der Waals surface area contributed by atoms with Crippen LogP contribution in [-0.2, 0) is 4.79 Å². The minimum Gasteiger partial charge on any atom is -0.266 e. The minimum absolute atomic E-state index is 0.315. The highest BCUT2D eigenvalue weighted by Crippen LogP contribution is 2.25. The normalized spacial score (nSPS) is 20.8. The summed E-state index contributed by atoms with van der Waals surface area (Å²) >= 11 is 1.93. The molecule has 0 atom stereocenters. The fourth-order valence-corrected chi connectivity index (χ4v) is 1.34. The van der Waals surface area contributed by atoms with Gasteiger partial charge in [0.15, 0.2) is 5.84 Å². The van der Waals surface area contributed by atoms with Gasteiger partial charge in [0.1, 0.15) is 15.6 Å². The van der Waals surface area contributed by atoms with Crippen LogP contribution in [-0.4, -0.2) is 18.1 Å². The molecule has 0 aliphatic carbocycles. The van der Waals surface area contributed by atoms with E-state index in [0.717, 1.165) is 0 Å². The molecule has 0 bridgehead atoms. The number of amides is 1. The lowest BCUT2D eigenvalue weighted by molar-refractivity contribution is -0.113. The van der Waals surface area contributed by atoms with Crippen LogP contribution in [0.25, 0.3) is 0 Å². The van der Waals surface area contributed by atoms with Crippen molar-refractivity contribution in [3.63, 3.8) is 0 Å². The topological polar surface area (TPSA) is 66.5 Å². The number of rotatable bonds is 0. The molecule has 0 unspecified atom stereocenters. The van der Waals surface area contributed by atoms with Gasteiger partial charge in [0.2, 0.25) is 0 Å². The fraction of sp³-hybridized carbons (Fsp3) is 0. The third-order valence-corrected chi connectivity index (χ3v) is 1.99. The lowest BCUT2D eigenvalue weighted by Crippen LogP contribution is -2.11. The highest BCUT2D eigenvalue weighted by atomic mass is 127. The maximum absolute atomic E-state index is 11.0. The summed E-state index contributed by atoms with van der Waals surface area (Å²) < 4.78 is 0.559. The van der Waals surface area contributed by atoms with Gasteiger partial charge in [-0.3, -0.25) is 4.79 Å². The number of azo groups is 1. The highest BCUT2D eigenvalue weighted by molar-refractivity contribution is 14.1. The number of halogens is 1. The van der Waals surface area contributed by atoms with E-state index in [1.54, 1.807) is 0 Å². The zero-order valence-corrected chi connectivity index (χ0v) is 7.31. The van der Waals surface area contributed by atoms with E-state index in [2.05, 4.69) is 20.2 Å². The maximum Gasteiger partial charge on any atom is 0.285 e. The third-order valence-electron chi connectivity index (χ3n) is 1.23. The highest BCUT2D eigenvalue weighted by Gasteiger charge is 2.26. The van der Waals surface area contributed by atoms with Gasteiger partial charge in [-0.15, -0.1) is 10.2 Å². The number of amidine groups is 1. The average molecular weight is 260 g/mol. The van der Waals surface area contributed by atoms with Gasteiger partial charge in [0.25, 0.3) is 5.91 Å². The van der Waals surface area contributed by atoms with Crippen molar-refractivity contribution in [2.45, 2.75) is 0 Å². The first-order chi connectivity index (χ1) is 5.29. The number of carbonyl (C=O) groups is 1. The second-order valence-corrected chi connectivity index (χ2v) is 2.89. The first kappa shape index (κ1) is 6.77. The molecule has 0 N–H and O–H groups in total. The molecule has 1 amide bonds. The lowest BCUT2D eigenvalue weighted by atomic mass is 10.2. The molecule has 0 aromatic rings. The molecule has 54 valence electrons. The maximum atomic E-state index is 11.0. The summed E-state index contributed by atoms with van der Waals surface area (Å²) in [6, 6.07) is 0. The minimum atomic E-state index is -0.315. The Morgan fingerprint density at radius 2 is 2.18 bits per heavy atom. The first-order valence-corrected chi connectivity index (χ1v) is 3.83. The lowest BCUT2D eigenvalue weighted by Gasteiger charge is -1.98. The molecule has 0 radical (unpaired) electrons. The van der Waals surface area contributed by atoms with E-state index < -0.39 is 0 Å². The largest absolute Gasteiger partial charge is 0.285 e. The molecule has 2 aliphatic heterocycles. The smallest absolute Gasteiger partial charge is 0.266 e. The van der Waals surface area contributed by atoms with Crippen molar-refractivity contribution in [2.75, 3.05) is 0 Å². The summed E-state index contributed by atoms with van der Waals surface area (Å²) in [5.74, 6) is 0.0544. The molecular formula is C5HIN4O. The molecule has 2 aliphatic rings. The van der Waals surface area contributed by atoms with Gasteiger partial charge < -0.3 is 0 Å². The Hall–Kier alpha value is -0.920. The van der Waals surface area contributed by atoms with Crippen molar-refractivity contribution in [1.29, 1.82) is 0 Å². The van der Waals surface area contributed by atoms with Gasteiger partial charge in [-0.2, -0.15) is 4.99 Å². The summed E-state index contributed by atoms with van der Waals surface area (Å²) in [4.78, 5) is 18.3. The van der Waals surface area contributed by atoms with E-state index in [1.807, 2.05) is 22.6 Å². The summed E-state index contributed by atoms with van der Waals surface area (Å²) in [5.41, 5.74) is 0.410. The molecule has 0 saturated heterocycles. The Morgan fingerprint density at radius 1 is 1.36 bits per heavy atom. The van der Waals surface area contributed by atoms with Crippen LogP contribution >= 0.6 is 22.6 Å². The SMILES string of the molecule is O=C1N=CN=C2N=NC(I)=C12. The van der Waals surface area contributed by atoms with Crippen molar-refractivity contribution in [3.05, 3.63) is 9.28 Å². The van der Waals surface area contributed by atoms with Gasteiger partial charge in [-0.25, -0.2) is 4.99 Å². The number of hydrogen-bond donors (Lipinski definition) is 0. The van der Waals surface area contributed by atoms with Gasteiger partial charge in [0.05, 0.1) is 0 Å². The molecule has 0 fully saturated rings. The predicted molar refractivity (Wildman–Crippen MR) is 46.8 cm³/mol. The Balaban J connectivity index is 2.61. The summed E-state index contributed by atoms with van der Waals surface area (Å²) in [6.07, 6.45) is 1.19. The van der Waals surface area contributed by atoms with Crippen LogP contribution < -0.4 is 0 Å². The summed E-state index contributed by atoms with van der Waals surface area (Å²) in [6.45, 7) is 0. The predicted octanol–water partition coefficient (Wildman–Crippen LogP) is 1.07. The van der Waals surface area contributed by atoms with E-state index >= 15 is 0 Å². The standard InChI is InChI=1S/C5HIN4O/c6-3-2-4(10-9-3)7-1-8-5(2)11/h1H. The quantitative estimate of drug-likeness (QED) is 0.474. The Kier molecular flexibility index (Phi) is 1.41. The zero-order chi connectivity index (χ0) is 7.84. The molecular weight excluding hydrogens is 259 g/mol. The Labute approximate surface area is 75.2 Å². The summed E-state index contributed by atoms with van der Waals surface area (Å²) in [5, 5.41) is 7.36. The van der Waals surface area contributed by atoms with Crippen LogP contribution in [0.5, 0.6) is 0 Å². The van der Waals surface area contributed by atoms with Crippen LogP contribution in [0, 0.1) is 0 Å². The van der Waals surface area contributed by atoms with E-state index in [9.17, 15) is 4.79 Å². The summed E-state index contributed by atoms with van der Waals surface area (Å²) in [7, 11) is 0. The van der Waals surface area contributed by atoms with Crippen molar-refractivity contribution in [1.82, 2.24) is 0 Å². The number of nitrogens with zero attached hydrogens (tertiary/aromatic N) is 4. The first-order valence-electron chi connectivity index (χ1n) is 2.75. The molecule has 6 heteroatoms. The molecule has 2 rings (SSSR count). The molecule has 5 nitrogen and oxygen atoms in total. The van der Waals surface area contributed by atoms with Crippen LogP contribution in [0.4, 0.5) is 0 Å². The van der Waals surface area contributed by atoms with Crippen LogP contribution in [0.2, 0.25) is 0 Å². The van der Waals surface area contributed by atoms with Crippen molar-refractivity contribution in [3.8, 4) is 0 Å². The van der Waals surface area contributed by atoms with Crippen molar-refractivity contribution in [2.24, 2.45) is 20.2 Å². The van der Waals surface area contributed by atoms with Gasteiger partial charge >= 0.3 is 0 Å². The molecule has 0 spiro atoms. The van der Waals surface area contributed by atoms with Crippen molar-refractivity contribution < 1.29 is 4.79 Å². The van der Waals surface area contributed by atoms with Crippen LogP contribution in [0.3, 0.4) is 0 Å². The number of carbonyl (C=O) groups excluding carboxylic acids is 1. The number of aliphatic imine (C=N–C) groups is 2. The van der Waals surface area contributed by atoms with Gasteiger partial charge in [0, 0.05) is 0 Å². The molecule has 0 aromatic heterocycles. The fourth-order valence-electron chi connectivity index (χ4n) is 0.758. The average Bonchev–Trinajstić information content (AvgIpc) is 2.34. The molecule has 0 aromatic carbocycles. The van der Waals surface area contributed by atoms with E-state index in [0.29, 0.717) is 15.1 Å². The van der Waals surface area contributed by atoms with Crippen molar-refractivity contribution >= 4 is 40.7 Å². The van der Waals surface area contributed by atoms with E-state index in [-0.39, 0.29) is 5.91 Å². The van der Waals surface area contributed by atoms with Crippen LogP contribution in [0.1, 0.15) is 0 Å². The van der Waals surface area contributed by atoms with Gasteiger partial charge in [-0.1, -0.05) is 0 Å². The number of hydrogen-bond acceptors (Lipinski definition) is 4. The Morgan fingerprint density at radius 3 is 2.91 bits per heavy atom. The number of fused-ring (bicyclic) bond motifs is 1. The van der Waals surface area contributed by atoms with Gasteiger partial charge in [-0.05, 0) is 22.6 Å².